The number of benzene rings is 1. The minimum atomic E-state index is -0.510. The van der Waals surface area contributed by atoms with Crippen molar-refractivity contribution in [2.75, 3.05) is 6.54 Å². The van der Waals surface area contributed by atoms with Gasteiger partial charge in [0.2, 0.25) is 0 Å². The topological polar surface area (TPSA) is 50.4 Å². The molecule has 0 bridgehead atoms. The maximum Gasteiger partial charge on any atom is 0.407 e. The lowest BCUT2D eigenvalue weighted by Crippen LogP contribution is -2.45. The second kappa shape index (κ2) is 8.29. The number of halogens is 1. The Kier molecular flexibility index (Phi) is 7.01. The van der Waals surface area contributed by atoms with Crippen LogP contribution in [-0.2, 0) is 11.3 Å². The number of carbonyl (C=O) groups excluding carboxylic acids is 1. The van der Waals surface area contributed by atoms with E-state index in [0.717, 1.165) is 5.56 Å². The monoisotopic (exact) mass is 324 g/mol. The Morgan fingerprint density at radius 1 is 1.30 bits per heavy atom. The lowest BCUT2D eigenvalue weighted by molar-refractivity contribution is 0.0519. The molecule has 4 nitrogen and oxygen atoms in total. The number of rotatable bonds is 6. The van der Waals surface area contributed by atoms with Gasteiger partial charge in [0.05, 0.1) is 0 Å². The summed E-state index contributed by atoms with van der Waals surface area (Å²) in [6.07, 6.45) is -0.425. The molecule has 0 spiro atoms. The lowest BCUT2D eigenvalue weighted by atomic mass is 10.0. The number of nitrogens with one attached hydrogen (secondary N) is 2. The molecule has 130 valence electrons. The van der Waals surface area contributed by atoms with E-state index in [-0.39, 0.29) is 11.9 Å². The van der Waals surface area contributed by atoms with Crippen LogP contribution in [0.4, 0.5) is 9.18 Å². The lowest BCUT2D eigenvalue weighted by Gasteiger charge is -2.25. The Hall–Kier alpha value is -1.62. The maximum atomic E-state index is 13.6. The summed E-state index contributed by atoms with van der Waals surface area (Å²) in [5.74, 6) is 0.123. The minimum absolute atomic E-state index is 0.0758. The molecule has 0 saturated heterocycles. The Labute approximate surface area is 138 Å². The third-order valence-electron chi connectivity index (χ3n) is 3.47. The molecule has 1 amide bonds. The fraction of sp³-hybridized carbons (Fsp3) is 0.611. The largest absolute Gasteiger partial charge is 0.444 e. The average Bonchev–Trinajstić information content (AvgIpc) is 2.40. The van der Waals surface area contributed by atoms with Crippen molar-refractivity contribution in [2.45, 2.75) is 59.7 Å². The predicted molar refractivity (Wildman–Crippen MR) is 90.8 cm³/mol. The van der Waals surface area contributed by atoms with Crippen LogP contribution in [0, 0.1) is 18.7 Å². The molecular weight excluding hydrogens is 295 g/mol. The highest BCUT2D eigenvalue weighted by atomic mass is 19.1. The third-order valence-corrected chi connectivity index (χ3v) is 3.47. The summed E-state index contributed by atoms with van der Waals surface area (Å²) in [6, 6.07) is 5.30. The van der Waals surface area contributed by atoms with Gasteiger partial charge >= 0.3 is 6.09 Å². The number of carbonyl (C=O) groups is 1. The van der Waals surface area contributed by atoms with Crippen molar-refractivity contribution in [1.82, 2.24) is 10.6 Å². The molecule has 2 N–H and O–H groups in total. The number of hydrogen-bond acceptors (Lipinski definition) is 3. The number of amides is 1. The van der Waals surface area contributed by atoms with Crippen LogP contribution in [0.5, 0.6) is 0 Å². The van der Waals surface area contributed by atoms with Crippen molar-refractivity contribution >= 4 is 6.09 Å². The van der Waals surface area contributed by atoms with Crippen LogP contribution >= 0.6 is 0 Å². The van der Waals surface area contributed by atoms with Crippen LogP contribution in [0.3, 0.4) is 0 Å². The van der Waals surface area contributed by atoms with Gasteiger partial charge in [0.25, 0.3) is 0 Å². The summed E-state index contributed by atoms with van der Waals surface area (Å²) < 4.78 is 18.8. The van der Waals surface area contributed by atoms with E-state index in [9.17, 15) is 9.18 Å². The highest BCUT2D eigenvalue weighted by Crippen LogP contribution is 2.10. The van der Waals surface area contributed by atoms with E-state index in [1.807, 2.05) is 26.8 Å². The van der Waals surface area contributed by atoms with Gasteiger partial charge in [-0.25, -0.2) is 9.18 Å². The van der Waals surface area contributed by atoms with Gasteiger partial charge in [-0.05, 0) is 50.8 Å². The molecule has 1 atom stereocenters. The SMILES string of the molecule is Cc1ccc(CNC(CNC(=O)OC(C)(C)C)C(C)C)cc1F. The molecule has 1 unspecified atom stereocenters. The molecule has 1 rings (SSSR count). The third kappa shape index (κ3) is 7.46. The number of alkyl carbamates (subject to hydrolysis) is 1. The van der Waals surface area contributed by atoms with Crippen LogP contribution in [-0.4, -0.2) is 24.3 Å². The Morgan fingerprint density at radius 2 is 1.96 bits per heavy atom. The fourth-order valence-electron chi connectivity index (χ4n) is 2.05. The van der Waals surface area contributed by atoms with Crippen LogP contribution < -0.4 is 10.6 Å². The molecule has 23 heavy (non-hydrogen) atoms. The van der Waals surface area contributed by atoms with E-state index < -0.39 is 11.7 Å². The zero-order valence-electron chi connectivity index (χ0n) is 15.0. The summed E-state index contributed by atoms with van der Waals surface area (Å²) in [4.78, 5) is 11.7. The Balaban J connectivity index is 2.52. The average molecular weight is 324 g/mol. The first-order valence-electron chi connectivity index (χ1n) is 8.04. The van der Waals surface area contributed by atoms with E-state index in [2.05, 4.69) is 24.5 Å². The summed E-state index contributed by atoms with van der Waals surface area (Å²) in [5.41, 5.74) is 1.02. The molecular formula is C18H29FN2O2. The van der Waals surface area contributed by atoms with Gasteiger partial charge < -0.3 is 15.4 Å². The van der Waals surface area contributed by atoms with E-state index in [1.54, 1.807) is 19.1 Å². The van der Waals surface area contributed by atoms with E-state index in [0.29, 0.717) is 24.6 Å². The zero-order chi connectivity index (χ0) is 17.6. The van der Waals surface area contributed by atoms with E-state index >= 15 is 0 Å². The summed E-state index contributed by atoms with van der Waals surface area (Å²) in [6.45, 7) is 12.4. The molecule has 0 fully saturated rings. The minimum Gasteiger partial charge on any atom is -0.444 e. The first-order chi connectivity index (χ1) is 10.6. The fourth-order valence-corrected chi connectivity index (χ4v) is 2.05. The van der Waals surface area contributed by atoms with Gasteiger partial charge in [-0.2, -0.15) is 0 Å². The summed E-state index contributed by atoms with van der Waals surface area (Å²) in [5, 5.41) is 6.14. The molecule has 0 radical (unpaired) electrons. The quantitative estimate of drug-likeness (QED) is 0.837. The molecule has 0 aliphatic carbocycles. The molecule has 0 aliphatic rings. The van der Waals surface area contributed by atoms with Gasteiger partial charge in [0.15, 0.2) is 0 Å². The number of aryl methyl sites for hydroxylation is 1. The first-order valence-corrected chi connectivity index (χ1v) is 8.04. The van der Waals surface area contributed by atoms with Gasteiger partial charge in [0.1, 0.15) is 11.4 Å². The van der Waals surface area contributed by atoms with Gasteiger partial charge in [-0.3, -0.25) is 0 Å². The van der Waals surface area contributed by atoms with Crippen molar-refractivity contribution in [3.05, 3.63) is 35.1 Å². The number of ether oxygens (including phenoxy) is 1. The van der Waals surface area contributed by atoms with E-state index in [4.69, 9.17) is 4.74 Å². The normalized spacial score (nSPS) is 13.0. The second-order valence-corrected chi connectivity index (χ2v) is 7.20. The highest BCUT2D eigenvalue weighted by molar-refractivity contribution is 5.67. The molecule has 1 aromatic carbocycles. The Bertz CT molecular complexity index is 524. The van der Waals surface area contributed by atoms with Crippen LogP contribution in [0.2, 0.25) is 0 Å². The predicted octanol–water partition coefficient (Wildman–Crippen LogP) is 3.77. The molecule has 0 saturated carbocycles. The van der Waals surface area contributed by atoms with Gasteiger partial charge in [0, 0.05) is 19.1 Å². The maximum absolute atomic E-state index is 13.6. The first kappa shape index (κ1) is 19.4. The number of hydrogen-bond donors (Lipinski definition) is 2. The second-order valence-electron chi connectivity index (χ2n) is 7.20. The van der Waals surface area contributed by atoms with Crippen molar-refractivity contribution in [2.24, 2.45) is 5.92 Å². The molecule has 5 heteroatoms. The van der Waals surface area contributed by atoms with E-state index in [1.165, 1.54) is 0 Å². The zero-order valence-corrected chi connectivity index (χ0v) is 15.0. The van der Waals surface area contributed by atoms with Crippen molar-refractivity contribution < 1.29 is 13.9 Å². The highest BCUT2D eigenvalue weighted by Gasteiger charge is 2.18. The molecule has 1 aromatic rings. The van der Waals surface area contributed by atoms with Crippen LogP contribution in [0.15, 0.2) is 18.2 Å². The Morgan fingerprint density at radius 3 is 2.48 bits per heavy atom. The molecule has 0 aliphatic heterocycles. The van der Waals surface area contributed by atoms with Crippen LogP contribution in [0.1, 0.15) is 45.7 Å². The summed E-state index contributed by atoms with van der Waals surface area (Å²) >= 11 is 0. The molecule has 0 heterocycles. The van der Waals surface area contributed by atoms with Gasteiger partial charge in [-0.1, -0.05) is 26.0 Å². The smallest absolute Gasteiger partial charge is 0.407 e. The van der Waals surface area contributed by atoms with Crippen molar-refractivity contribution in [3.63, 3.8) is 0 Å². The standard InChI is InChI=1S/C18H29FN2O2/c1-12(2)16(11-21-17(22)23-18(4,5)6)20-10-14-8-7-13(3)15(19)9-14/h7-9,12,16,20H,10-11H2,1-6H3,(H,21,22). The van der Waals surface area contributed by atoms with Crippen molar-refractivity contribution in [3.8, 4) is 0 Å². The van der Waals surface area contributed by atoms with Crippen LogP contribution in [0.25, 0.3) is 0 Å². The van der Waals surface area contributed by atoms with Gasteiger partial charge in [-0.15, -0.1) is 0 Å². The molecule has 0 aromatic heterocycles. The summed E-state index contributed by atoms with van der Waals surface area (Å²) in [7, 11) is 0. The van der Waals surface area contributed by atoms with Crippen molar-refractivity contribution in [1.29, 1.82) is 0 Å².